The fourth-order valence-corrected chi connectivity index (χ4v) is 1.36. The first-order valence-electron chi connectivity index (χ1n) is 5.43. The number of benzene rings is 1. The van der Waals surface area contributed by atoms with Gasteiger partial charge in [0.15, 0.2) is 0 Å². The van der Waals surface area contributed by atoms with Crippen molar-refractivity contribution in [3.63, 3.8) is 0 Å². The van der Waals surface area contributed by atoms with Crippen LogP contribution in [0.25, 0.3) is 0 Å². The number of nitro groups is 1. The van der Waals surface area contributed by atoms with Gasteiger partial charge in [0.25, 0.3) is 5.69 Å². The number of hydrogen-bond acceptors (Lipinski definition) is 6. The molecule has 8 nitrogen and oxygen atoms in total. The van der Waals surface area contributed by atoms with E-state index in [9.17, 15) is 19.7 Å². The number of nitro benzene ring substituents is 1. The highest BCUT2D eigenvalue weighted by atomic mass is 16.6. The highest BCUT2D eigenvalue weighted by Crippen LogP contribution is 2.25. The van der Waals surface area contributed by atoms with Gasteiger partial charge in [0, 0.05) is 11.6 Å². The van der Waals surface area contributed by atoms with E-state index in [1.54, 1.807) is 6.92 Å². The normalized spacial score (nSPS) is 9.74. The summed E-state index contributed by atoms with van der Waals surface area (Å²) in [5.41, 5.74) is 4.84. The lowest BCUT2D eigenvalue weighted by Crippen LogP contribution is -2.18. The fourth-order valence-electron chi connectivity index (χ4n) is 1.36. The number of nitrogens with two attached hydrogens (primary N) is 1. The van der Waals surface area contributed by atoms with Crippen molar-refractivity contribution in [2.75, 3.05) is 18.5 Å². The van der Waals surface area contributed by atoms with Crippen LogP contribution in [0.5, 0.6) is 0 Å². The highest BCUT2D eigenvalue weighted by molar-refractivity contribution is 5.94. The average Bonchev–Trinajstić information content (AvgIpc) is 2.36. The van der Waals surface area contributed by atoms with Crippen LogP contribution < -0.4 is 11.1 Å². The Hall–Kier alpha value is -2.64. The van der Waals surface area contributed by atoms with E-state index in [2.05, 4.69) is 10.1 Å². The van der Waals surface area contributed by atoms with Crippen LogP contribution in [-0.4, -0.2) is 30.0 Å². The van der Waals surface area contributed by atoms with Crippen molar-refractivity contribution in [1.29, 1.82) is 0 Å². The first-order chi connectivity index (χ1) is 8.95. The van der Waals surface area contributed by atoms with Gasteiger partial charge in [0.2, 0.25) is 5.91 Å². The Morgan fingerprint density at radius 2 is 2.16 bits per heavy atom. The molecule has 0 spiro atoms. The Morgan fingerprint density at radius 1 is 1.47 bits per heavy atom. The zero-order valence-electron chi connectivity index (χ0n) is 10.2. The summed E-state index contributed by atoms with van der Waals surface area (Å²) in [6, 6.07) is 3.70. The van der Waals surface area contributed by atoms with Gasteiger partial charge < -0.3 is 15.8 Å². The lowest BCUT2D eigenvalue weighted by molar-refractivity contribution is -0.384. The molecule has 1 aromatic rings. The third kappa shape index (κ3) is 3.95. The topological polar surface area (TPSA) is 125 Å². The van der Waals surface area contributed by atoms with Crippen LogP contribution in [0.4, 0.5) is 11.4 Å². The van der Waals surface area contributed by atoms with E-state index in [0.29, 0.717) is 0 Å². The Bertz CT molecular complexity index is 515. The van der Waals surface area contributed by atoms with Crippen molar-refractivity contribution in [3.8, 4) is 0 Å². The highest BCUT2D eigenvalue weighted by Gasteiger charge is 2.17. The van der Waals surface area contributed by atoms with Gasteiger partial charge in [-0.25, -0.2) is 0 Å². The van der Waals surface area contributed by atoms with Crippen LogP contribution >= 0.6 is 0 Å². The maximum atomic E-state index is 11.1. The number of carbonyl (C=O) groups excluding carboxylic acids is 2. The molecule has 0 unspecified atom stereocenters. The number of primary amides is 1. The van der Waals surface area contributed by atoms with E-state index in [1.807, 2.05) is 0 Å². The summed E-state index contributed by atoms with van der Waals surface area (Å²) in [5.74, 6) is -1.30. The van der Waals surface area contributed by atoms with Crippen LogP contribution in [0.1, 0.15) is 17.3 Å². The standard InChI is InChI=1S/C11H13N3O5/c1-2-19-10(15)6-13-8-4-3-7(11(12)16)5-9(8)14(17)18/h3-5,13H,2,6H2,1H3,(H2,12,16). The van der Waals surface area contributed by atoms with E-state index >= 15 is 0 Å². The molecule has 0 aliphatic carbocycles. The minimum absolute atomic E-state index is 0.0217. The van der Waals surface area contributed by atoms with Crippen LogP contribution in [0.3, 0.4) is 0 Å². The molecule has 0 bridgehead atoms. The Kier molecular flexibility index (Phi) is 4.81. The predicted molar refractivity (Wildman–Crippen MR) is 66.7 cm³/mol. The number of carbonyl (C=O) groups is 2. The number of hydrogen-bond donors (Lipinski definition) is 2. The predicted octanol–water partition coefficient (Wildman–Crippen LogP) is 0.669. The van der Waals surface area contributed by atoms with E-state index in [1.165, 1.54) is 12.1 Å². The third-order valence-electron chi connectivity index (χ3n) is 2.21. The zero-order chi connectivity index (χ0) is 14.4. The van der Waals surface area contributed by atoms with Crippen molar-refractivity contribution >= 4 is 23.3 Å². The molecular formula is C11H13N3O5. The van der Waals surface area contributed by atoms with Gasteiger partial charge in [-0.05, 0) is 19.1 Å². The molecule has 0 atom stereocenters. The summed E-state index contributed by atoms with van der Waals surface area (Å²) in [6.45, 7) is 1.68. The SMILES string of the molecule is CCOC(=O)CNc1ccc(C(N)=O)cc1[N+](=O)[O-]. The number of nitrogens with zero attached hydrogens (tertiary/aromatic N) is 1. The van der Waals surface area contributed by atoms with Gasteiger partial charge >= 0.3 is 5.97 Å². The lowest BCUT2D eigenvalue weighted by Gasteiger charge is -2.07. The second-order valence-electron chi connectivity index (χ2n) is 3.51. The number of anilines is 1. The molecular weight excluding hydrogens is 254 g/mol. The van der Waals surface area contributed by atoms with Crippen molar-refractivity contribution < 1.29 is 19.2 Å². The Morgan fingerprint density at radius 3 is 2.68 bits per heavy atom. The molecule has 102 valence electrons. The summed E-state index contributed by atoms with van der Waals surface area (Å²) < 4.78 is 4.68. The zero-order valence-corrected chi connectivity index (χ0v) is 10.2. The van der Waals surface area contributed by atoms with Gasteiger partial charge in [-0.3, -0.25) is 19.7 Å². The first-order valence-corrected chi connectivity index (χ1v) is 5.43. The Labute approximate surface area is 108 Å². The summed E-state index contributed by atoms with van der Waals surface area (Å²) in [4.78, 5) is 32.3. The maximum absolute atomic E-state index is 11.1. The summed E-state index contributed by atoms with van der Waals surface area (Å²) in [7, 11) is 0. The smallest absolute Gasteiger partial charge is 0.325 e. The molecule has 1 amide bonds. The second kappa shape index (κ2) is 6.34. The largest absolute Gasteiger partial charge is 0.465 e. The lowest BCUT2D eigenvalue weighted by atomic mass is 10.1. The van der Waals surface area contributed by atoms with Gasteiger partial charge in [-0.15, -0.1) is 0 Å². The van der Waals surface area contributed by atoms with Gasteiger partial charge in [0.1, 0.15) is 12.2 Å². The number of ether oxygens (including phenoxy) is 1. The molecule has 0 aromatic heterocycles. The summed E-state index contributed by atoms with van der Waals surface area (Å²) in [5, 5.41) is 13.4. The molecule has 0 aliphatic heterocycles. The molecule has 8 heteroatoms. The molecule has 1 aromatic carbocycles. The fraction of sp³-hybridized carbons (Fsp3) is 0.273. The minimum Gasteiger partial charge on any atom is -0.465 e. The molecule has 0 heterocycles. The van der Waals surface area contributed by atoms with Crippen LogP contribution in [0.15, 0.2) is 18.2 Å². The van der Waals surface area contributed by atoms with E-state index in [4.69, 9.17) is 5.73 Å². The Balaban J connectivity index is 2.91. The van der Waals surface area contributed by atoms with Crippen molar-refractivity contribution in [3.05, 3.63) is 33.9 Å². The average molecular weight is 267 g/mol. The van der Waals surface area contributed by atoms with Crippen LogP contribution in [0.2, 0.25) is 0 Å². The van der Waals surface area contributed by atoms with Crippen LogP contribution in [-0.2, 0) is 9.53 Å². The molecule has 19 heavy (non-hydrogen) atoms. The number of esters is 1. The van der Waals surface area contributed by atoms with Crippen molar-refractivity contribution in [2.45, 2.75) is 6.92 Å². The van der Waals surface area contributed by atoms with Gasteiger partial charge in [0.05, 0.1) is 11.5 Å². The molecule has 0 radical (unpaired) electrons. The molecule has 0 saturated heterocycles. The monoisotopic (exact) mass is 267 g/mol. The molecule has 0 saturated carbocycles. The molecule has 0 aliphatic rings. The van der Waals surface area contributed by atoms with E-state index in [0.717, 1.165) is 6.07 Å². The minimum atomic E-state index is -0.764. The first kappa shape index (κ1) is 14.4. The maximum Gasteiger partial charge on any atom is 0.325 e. The van der Waals surface area contributed by atoms with Crippen LogP contribution in [0, 0.1) is 10.1 Å². The van der Waals surface area contributed by atoms with Crippen molar-refractivity contribution in [2.24, 2.45) is 5.73 Å². The molecule has 1 rings (SSSR count). The van der Waals surface area contributed by atoms with E-state index in [-0.39, 0.29) is 30.1 Å². The second-order valence-corrected chi connectivity index (χ2v) is 3.51. The summed E-state index contributed by atoms with van der Waals surface area (Å²) in [6.07, 6.45) is 0. The molecule has 0 fully saturated rings. The quantitative estimate of drug-likeness (QED) is 0.443. The third-order valence-corrected chi connectivity index (χ3v) is 2.21. The number of rotatable bonds is 6. The van der Waals surface area contributed by atoms with Gasteiger partial charge in [-0.2, -0.15) is 0 Å². The number of nitrogens with one attached hydrogen (secondary N) is 1. The molecule has 3 N–H and O–H groups in total. The number of amides is 1. The summed E-state index contributed by atoms with van der Waals surface area (Å²) >= 11 is 0. The van der Waals surface area contributed by atoms with Gasteiger partial charge in [-0.1, -0.05) is 0 Å². The van der Waals surface area contributed by atoms with E-state index < -0.39 is 16.8 Å². The van der Waals surface area contributed by atoms with Crippen molar-refractivity contribution in [1.82, 2.24) is 0 Å².